The predicted octanol–water partition coefficient (Wildman–Crippen LogP) is 0.112. The third kappa shape index (κ3) is 4.65. The fraction of sp³-hybridized carbons (Fsp3) is 0.800. The predicted molar refractivity (Wildman–Crippen MR) is 77.4 cm³/mol. The van der Waals surface area contributed by atoms with Gasteiger partial charge in [-0.3, -0.25) is 14.4 Å². The molecular formula is C15H24O8. The van der Waals surface area contributed by atoms with Crippen LogP contribution in [0.15, 0.2) is 0 Å². The smallest absolute Gasteiger partial charge is 0.309 e. The second-order valence-corrected chi connectivity index (χ2v) is 6.18. The summed E-state index contributed by atoms with van der Waals surface area (Å²) in [4.78, 5) is 34.5. The molecule has 0 aromatic heterocycles. The number of aliphatic hydroxyl groups is 2. The van der Waals surface area contributed by atoms with Gasteiger partial charge in [0.25, 0.3) is 0 Å². The first kappa shape index (κ1) is 19.4. The van der Waals surface area contributed by atoms with Crippen LogP contribution in [0.25, 0.3) is 0 Å². The van der Waals surface area contributed by atoms with E-state index in [-0.39, 0.29) is 39.1 Å². The third-order valence-corrected chi connectivity index (χ3v) is 4.76. The Balaban J connectivity index is 2.74. The van der Waals surface area contributed by atoms with Crippen LogP contribution in [0, 0.1) is 23.2 Å². The Kier molecular flexibility index (Phi) is 6.96. The van der Waals surface area contributed by atoms with E-state index in [1.807, 2.05) is 0 Å². The Morgan fingerprint density at radius 2 is 1.65 bits per heavy atom. The lowest BCUT2D eigenvalue weighted by atomic mass is 9.74. The van der Waals surface area contributed by atoms with Crippen LogP contribution in [0.4, 0.5) is 0 Å². The average Bonchev–Trinajstić information content (AvgIpc) is 2.55. The molecule has 132 valence electrons. The summed E-state index contributed by atoms with van der Waals surface area (Å²) < 4.78 is 5.13. The quantitative estimate of drug-likeness (QED) is 0.459. The zero-order chi connectivity index (χ0) is 17.6. The maximum Gasteiger partial charge on any atom is 0.309 e. The van der Waals surface area contributed by atoms with E-state index in [1.165, 1.54) is 0 Å². The first-order chi connectivity index (χ1) is 10.8. The van der Waals surface area contributed by atoms with Gasteiger partial charge in [-0.2, -0.15) is 0 Å². The Morgan fingerprint density at radius 3 is 2.09 bits per heavy atom. The van der Waals surface area contributed by atoms with E-state index in [0.29, 0.717) is 6.42 Å². The van der Waals surface area contributed by atoms with Crippen LogP contribution in [-0.2, 0) is 19.1 Å². The number of carboxylic acid groups (broad SMARTS) is 2. The van der Waals surface area contributed by atoms with Gasteiger partial charge in [-0.05, 0) is 25.7 Å². The van der Waals surface area contributed by atoms with Crippen molar-refractivity contribution in [1.82, 2.24) is 0 Å². The SMILES string of the molecule is CCC(CO)(CO)COC(=O)C1CCC(C(=O)O)CC1C(=O)O. The van der Waals surface area contributed by atoms with Gasteiger partial charge in [0.2, 0.25) is 0 Å². The van der Waals surface area contributed by atoms with Crippen molar-refractivity contribution in [3.63, 3.8) is 0 Å². The van der Waals surface area contributed by atoms with Crippen LogP contribution in [0.1, 0.15) is 32.6 Å². The molecular weight excluding hydrogens is 308 g/mol. The average molecular weight is 332 g/mol. The van der Waals surface area contributed by atoms with E-state index >= 15 is 0 Å². The Morgan fingerprint density at radius 1 is 1.04 bits per heavy atom. The van der Waals surface area contributed by atoms with E-state index < -0.39 is 41.1 Å². The molecule has 1 saturated carbocycles. The van der Waals surface area contributed by atoms with E-state index in [4.69, 9.17) is 9.84 Å². The minimum atomic E-state index is -1.22. The summed E-state index contributed by atoms with van der Waals surface area (Å²) in [6, 6.07) is 0. The highest BCUT2D eigenvalue weighted by Gasteiger charge is 2.43. The molecule has 0 bridgehead atoms. The molecule has 0 spiro atoms. The number of carbonyl (C=O) groups is 3. The molecule has 3 atom stereocenters. The second kappa shape index (κ2) is 8.26. The van der Waals surface area contributed by atoms with E-state index in [1.54, 1.807) is 6.92 Å². The number of hydrogen-bond acceptors (Lipinski definition) is 6. The van der Waals surface area contributed by atoms with Crippen molar-refractivity contribution in [2.75, 3.05) is 19.8 Å². The molecule has 3 unspecified atom stereocenters. The van der Waals surface area contributed by atoms with Crippen LogP contribution >= 0.6 is 0 Å². The molecule has 0 aromatic carbocycles. The lowest BCUT2D eigenvalue weighted by Crippen LogP contribution is -2.41. The van der Waals surface area contributed by atoms with Crippen molar-refractivity contribution in [2.45, 2.75) is 32.6 Å². The molecule has 4 N–H and O–H groups in total. The molecule has 0 aliphatic heterocycles. The molecule has 0 aromatic rings. The first-order valence-electron chi connectivity index (χ1n) is 7.64. The zero-order valence-corrected chi connectivity index (χ0v) is 13.1. The lowest BCUT2D eigenvalue weighted by molar-refractivity contribution is -0.166. The molecule has 1 aliphatic carbocycles. The summed E-state index contributed by atoms with van der Waals surface area (Å²) >= 11 is 0. The standard InChI is InChI=1S/C15H24O8/c1-2-15(6-16,7-17)8-23-14(22)10-4-3-9(12(18)19)5-11(10)13(20)21/h9-11,16-17H,2-8H2,1H3,(H,18,19)(H,20,21). The number of ether oxygens (including phenoxy) is 1. The van der Waals surface area contributed by atoms with Crippen LogP contribution < -0.4 is 0 Å². The summed E-state index contributed by atoms with van der Waals surface area (Å²) in [5, 5.41) is 36.9. The monoisotopic (exact) mass is 332 g/mol. The highest BCUT2D eigenvalue weighted by molar-refractivity contribution is 5.82. The molecule has 0 radical (unpaired) electrons. The number of esters is 1. The second-order valence-electron chi connectivity index (χ2n) is 6.18. The van der Waals surface area contributed by atoms with Gasteiger partial charge >= 0.3 is 17.9 Å². The lowest BCUT2D eigenvalue weighted by Gasteiger charge is -2.32. The molecule has 1 aliphatic rings. The van der Waals surface area contributed by atoms with Gasteiger partial charge in [-0.25, -0.2) is 0 Å². The zero-order valence-electron chi connectivity index (χ0n) is 13.1. The third-order valence-electron chi connectivity index (χ3n) is 4.76. The number of aliphatic hydroxyl groups excluding tert-OH is 2. The maximum absolute atomic E-state index is 12.2. The van der Waals surface area contributed by atoms with Crippen LogP contribution in [0.3, 0.4) is 0 Å². The number of hydrogen-bond donors (Lipinski definition) is 4. The van der Waals surface area contributed by atoms with Crippen molar-refractivity contribution >= 4 is 17.9 Å². The van der Waals surface area contributed by atoms with Gasteiger partial charge in [-0.15, -0.1) is 0 Å². The van der Waals surface area contributed by atoms with Gasteiger partial charge in [-0.1, -0.05) is 6.92 Å². The molecule has 8 heteroatoms. The van der Waals surface area contributed by atoms with Gasteiger partial charge in [0, 0.05) is 0 Å². The highest BCUT2D eigenvalue weighted by Crippen LogP contribution is 2.35. The van der Waals surface area contributed by atoms with Crippen LogP contribution in [-0.4, -0.2) is 58.2 Å². The number of rotatable bonds is 8. The summed E-state index contributed by atoms with van der Waals surface area (Å²) in [7, 11) is 0. The number of carboxylic acids is 2. The minimum Gasteiger partial charge on any atom is -0.481 e. The maximum atomic E-state index is 12.2. The minimum absolute atomic E-state index is 0.108. The van der Waals surface area contributed by atoms with Crippen molar-refractivity contribution in [3.8, 4) is 0 Å². The van der Waals surface area contributed by atoms with E-state index in [2.05, 4.69) is 0 Å². The molecule has 0 amide bonds. The van der Waals surface area contributed by atoms with Crippen molar-refractivity contribution in [1.29, 1.82) is 0 Å². The number of aliphatic carboxylic acids is 2. The van der Waals surface area contributed by atoms with Gasteiger partial charge in [0.1, 0.15) is 6.61 Å². The Bertz CT molecular complexity index is 434. The van der Waals surface area contributed by atoms with Gasteiger partial charge in [0.05, 0.1) is 36.4 Å². The van der Waals surface area contributed by atoms with Crippen molar-refractivity contribution in [2.24, 2.45) is 23.2 Å². The molecule has 23 heavy (non-hydrogen) atoms. The highest BCUT2D eigenvalue weighted by atomic mass is 16.5. The molecule has 1 rings (SSSR count). The molecule has 0 heterocycles. The summed E-state index contributed by atoms with van der Waals surface area (Å²) in [5.41, 5.74) is -0.952. The topological polar surface area (TPSA) is 141 Å². The molecule has 1 fully saturated rings. The Hall–Kier alpha value is -1.67. The molecule has 0 saturated heterocycles. The fourth-order valence-corrected chi connectivity index (χ4v) is 2.75. The number of carbonyl (C=O) groups excluding carboxylic acids is 1. The summed E-state index contributed by atoms with van der Waals surface area (Å²) in [6.07, 6.45) is 0.632. The fourth-order valence-electron chi connectivity index (χ4n) is 2.75. The molecule has 8 nitrogen and oxygen atoms in total. The Labute approximate surface area is 134 Å². The van der Waals surface area contributed by atoms with Crippen molar-refractivity contribution in [3.05, 3.63) is 0 Å². The van der Waals surface area contributed by atoms with Crippen molar-refractivity contribution < 1.29 is 39.5 Å². The summed E-state index contributed by atoms with van der Waals surface area (Å²) in [6.45, 7) is 0.807. The normalized spacial score (nSPS) is 24.9. The van der Waals surface area contributed by atoms with Gasteiger partial charge in [0.15, 0.2) is 0 Å². The first-order valence-corrected chi connectivity index (χ1v) is 7.64. The van der Waals surface area contributed by atoms with E-state index in [0.717, 1.165) is 0 Å². The van der Waals surface area contributed by atoms with E-state index in [9.17, 15) is 29.7 Å². The van der Waals surface area contributed by atoms with Gasteiger partial charge < -0.3 is 25.2 Å². The largest absolute Gasteiger partial charge is 0.481 e. The summed E-state index contributed by atoms with van der Waals surface area (Å²) in [5.74, 6) is -5.78. The van der Waals surface area contributed by atoms with Crippen LogP contribution in [0.5, 0.6) is 0 Å². The van der Waals surface area contributed by atoms with Crippen LogP contribution in [0.2, 0.25) is 0 Å².